The first-order valence-electron chi connectivity index (χ1n) is 13.5. The highest BCUT2D eigenvalue weighted by molar-refractivity contribution is 7.98. The van der Waals surface area contributed by atoms with Gasteiger partial charge in [0.05, 0.1) is 17.5 Å². The number of hydrogen-bond donors (Lipinski definition) is 1. The number of likely N-dealkylation sites (tertiary alicyclic amines) is 1. The van der Waals surface area contributed by atoms with Crippen LogP contribution in [0.25, 0.3) is 16.9 Å². The van der Waals surface area contributed by atoms with Crippen molar-refractivity contribution >= 4 is 23.5 Å². The summed E-state index contributed by atoms with van der Waals surface area (Å²) in [5.74, 6) is -2.13. The number of fused-ring (bicyclic) bond motifs is 3. The number of hydrogen-bond acceptors (Lipinski definition) is 6. The van der Waals surface area contributed by atoms with Gasteiger partial charge >= 0.3 is 0 Å². The fourth-order valence-corrected chi connectivity index (χ4v) is 6.55. The van der Waals surface area contributed by atoms with Gasteiger partial charge in [0.15, 0.2) is 5.92 Å². The maximum Gasteiger partial charge on any atom is 0.245 e. The summed E-state index contributed by atoms with van der Waals surface area (Å²) in [6.45, 7) is 3.24. The summed E-state index contributed by atoms with van der Waals surface area (Å²) in [7, 11) is 0. The largest absolute Gasteiger partial charge is 0.350 e. The fraction of sp³-hybridized carbons (Fsp3) is 0.250. The molecule has 1 amide bonds. The van der Waals surface area contributed by atoms with Crippen molar-refractivity contribution in [1.82, 2.24) is 20.0 Å². The minimum Gasteiger partial charge on any atom is -0.350 e. The molecule has 40 heavy (non-hydrogen) atoms. The van der Waals surface area contributed by atoms with Crippen LogP contribution in [0.1, 0.15) is 40.0 Å². The highest BCUT2D eigenvalue weighted by Gasteiger charge is 2.35. The summed E-state index contributed by atoms with van der Waals surface area (Å²) < 4.78 is 1.77. The number of carbonyl (C=O) groups is 2. The van der Waals surface area contributed by atoms with E-state index in [-0.39, 0.29) is 12.2 Å². The van der Waals surface area contributed by atoms with Crippen molar-refractivity contribution in [2.45, 2.75) is 36.6 Å². The van der Waals surface area contributed by atoms with Gasteiger partial charge in [0.25, 0.3) is 0 Å². The van der Waals surface area contributed by atoms with Crippen LogP contribution in [0, 0.1) is 17.2 Å². The van der Waals surface area contributed by atoms with E-state index in [4.69, 9.17) is 5.10 Å². The van der Waals surface area contributed by atoms with Gasteiger partial charge in [0, 0.05) is 34.9 Å². The molecule has 8 heteroatoms. The van der Waals surface area contributed by atoms with Crippen LogP contribution >= 0.6 is 11.8 Å². The molecule has 4 aromatic rings. The molecule has 6 rings (SSSR count). The number of thioether (sulfide) groups is 1. The Morgan fingerprint density at radius 3 is 2.42 bits per heavy atom. The standard InChI is InChI=1S/C32H29N5O2S/c33-18-26(32(39)34-19-22-10-4-5-11-23(22)20-36-16-8-9-17-36)31(38)29-27-21-40-28-15-7-6-14-25(28)30(27)37(35-29)24-12-2-1-3-13-24/h1-7,10-15,26H,8-9,16-17,19-21H2,(H,34,39). The number of nitrogens with one attached hydrogen (secondary N) is 1. The van der Waals surface area contributed by atoms with E-state index in [1.165, 1.54) is 12.8 Å². The Hall–Kier alpha value is -4.19. The lowest BCUT2D eigenvalue weighted by molar-refractivity contribution is -0.122. The SMILES string of the molecule is N#CC(C(=O)NCc1ccccc1CN1CCCC1)C(=O)c1nn(-c2ccccc2)c2c1CSc1ccccc1-2. The second kappa shape index (κ2) is 11.5. The molecular formula is C32H29N5O2S. The molecule has 1 saturated heterocycles. The average Bonchev–Trinajstić information content (AvgIpc) is 3.66. The first-order valence-corrected chi connectivity index (χ1v) is 14.5. The Balaban J connectivity index is 1.27. The molecular weight excluding hydrogens is 518 g/mol. The van der Waals surface area contributed by atoms with E-state index in [2.05, 4.69) is 22.3 Å². The van der Waals surface area contributed by atoms with Gasteiger partial charge in [-0.1, -0.05) is 60.7 Å². The first kappa shape index (κ1) is 26.1. The Kier molecular flexibility index (Phi) is 7.49. The third-order valence-corrected chi connectivity index (χ3v) is 8.65. The first-order chi connectivity index (χ1) is 19.6. The van der Waals surface area contributed by atoms with E-state index in [1.807, 2.05) is 72.8 Å². The van der Waals surface area contributed by atoms with Gasteiger partial charge in [0.1, 0.15) is 5.69 Å². The van der Waals surface area contributed by atoms with Gasteiger partial charge < -0.3 is 5.32 Å². The lowest BCUT2D eigenvalue weighted by atomic mass is 9.97. The molecule has 0 bridgehead atoms. The number of carbonyl (C=O) groups excluding carboxylic acids is 2. The minimum absolute atomic E-state index is 0.178. The molecule has 0 saturated carbocycles. The number of benzene rings is 3. The van der Waals surface area contributed by atoms with Gasteiger partial charge in [-0.2, -0.15) is 10.4 Å². The maximum absolute atomic E-state index is 13.8. The normalized spacial score (nSPS) is 15.1. The smallest absolute Gasteiger partial charge is 0.245 e. The highest BCUT2D eigenvalue weighted by atomic mass is 32.2. The van der Waals surface area contributed by atoms with Crippen LogP contribution in [-0.2, 0) is 23.6 Å². The summed E-state index contributed by atoms with van der Waals surface area (Å²) in [4.78, 5) is 30.5. The van der Waals surface area contributed by atoms with Crippen LogP contribution in [0.15, 0.2) is 83.8 Å². The number of amides is 1. The van der Waals surface area contributed by atoms with Crippen molar-refractivity contribution in [2.24, 2.45) is 5.92 Å². The van der Waals surface area contributed by atoms with Gasteiger partial charge in [-0.3, -0.25) is 14.5 Å². The van der Waals surface area contributed by atoms with E-state index in [9.17, 15) is 14.9 Å². The van der Waals surface area contributed by atoms with Gasteiger partial charge in [-0.25, -0.2) is 4.68 Å². The molecule has 3 heterocycles. The quantitative estimate of drug-likeness (QED) is 0.235. The predicted octanol–water partition coefficient (Wildman–Crippen LogP) is 5.38. The highest BCUT2D eigenvalue weighted by Crippen LogP contribution is 2.44. The zero-order valence-electron chi connectivity index (χ0n) is 22.0. The van der Waals surface area contributed by atoms with E-state index >= 15 is 0 Å². The van der Waals surface area contributed by atoms with Crippen molar-refractivity contribution in [3.63, 3.8) is 0 Å². The molecule has 0 radical (unpaired) electrons. The summed E-state index contributed by atoms with van der Waals surface area (Å²) in [6.07, 6.45) is 2.41. The molecule has 200 valence electrons. The van der Waals surface area contributed by atoms with Crippen LogP contribution < -0.4 is 5.32 Å². The molecule has 3 aromatic carbocycles. The van der Waals surface area contributed by atoms with Crippen molar-refractivity contribution in [1.29, 1.82) is 5.26 Å². The number of para-hydroxylation sites is 1. The molecule has 1 unspecified atom stereocenters. The van der Waals surface area contributed by atoms with Crippen molar-refractivity contribution in [3.05, 3.63) is 101 Å². The number of Topliss-reactive ketones (excluding diaryl/α,β-unsaturated/α-hetero) is 1. The van der Waals surface area contributed by atoms with Gasteiger partial charge in [-0.15, -0.1) is 11.8 Å². The monoisotopic (exact) mass is 547 g/mol. The van der Waals surface area contributed by atoms with Crippen molar-refractivity contribution < 1.29 is 9.59 Å². The predicted molar refractivity (Wildman–Crippen MR) is 155 cm³/mol. The Morgan fingerprint density at radius 1 is 0.950 bits per heavy atom. The lowest BCUT2D eigenvalue weighted by Gasteiger charge is -2.18. The molecule has 1 atom stereocenters. The van der Waals surface area contributed by atoms with Gasteiger partial charge in [0.2, 0.25) is 11.7 Å². The molecule has 1 fully saturated rings. The molecule has 2 aliphatic rings. The molecule has 1 aromatic heterocycles. The van der Waals surface area contributed by atoms with Crippen LogP contribution in [0.5, 0.6) is 0 Å². The number of nitriles is 1. The lowest BCUT2D eigenvalue weighted by Crippen LogP contribution is -2.35. The van der Waals surface area contributed by atoms with Crippen LogP contribution in [0.3, 0.4) is 0 Å². The molecule has 0 aliphatic carbocycles. The second-order valence-corrected chi connectivity index (χ2v) is 11.1. The summed E-state index contributed by atoms with van der Waals surface area (Å²) >= 11 is 1.63. The van der Waals surface area contributed by atoms with E-state index in [0.717, 1.165) is 58.2 Å². The number of nitrogens with zero attached hydrogens (tertiary/aromatic N) is 4. The van der Waals surface area contributed by atoms with E-state index in [1.54, 1.807) is 16.4 Å². The molecule has 2 aliphatic heterocycles. The van der Waals surface area contributed by atoms with Crippen LogP contribution in [-0.4, -0.2) is 39.5 Å². The third-order valence-electron chi connectivity index (χ3n) is 7.55. The van der Waals surface area contributed by atoms with Crippen LogP contribution in [0.4, 0.5) is 0 Å². The van der Waals surface area contributed by atoms with Gasteiger partial charge in [-0.05, 0) is 55.3 Å². The number of rotatable bonds is 8. The van der Waals surface area contributed by atoms with Crippen LogP contribution in [0.2, 0.25) is 0 Å². The zero-order valence-corrected chi connectivity index (χ0v) is 22.9. The number of ketones is 1. The Morgan fingerprint density at radius 2 is 1.65 bits per heavy atom. The second-order valence-electron chi connectivity index (χ2n) is 10.1. The summed E-state index contributed by atoms with van der Waals surface area (Å²) in [5, 5.41) is 17.6. The maximum atomic E-state index is 13.8. The van der Waals surface area contributed by atoms with Crippen molar-refractivity contribution in [3.8, 4) is 23.0 Å². The topological polar surface area (TPSA) is 91.0 Å². The molecule has 0 spiro atoms. The summed E-state index contributed by atoms with van der Waals surface area (Å²) in [6, 6.07) is 27.6. The molecule has 7 nitrogen and oxygen atoms in total. The number of aromatic nitrogens is 2. The van der Waals surface area contributed by atoms with E-state index < -0.39 is 17.6 Å². The zero-order chi connectivity index (χ0) is 27.5. The Labute approximate surface area is 237 Å². The Bertz CT molecular complexity index is 1600. The summed E-state index contributed by atoms with van der Waals surface area (Å²) in [5.41, 5.74) is 5.70. The fourth-order valence-electron chi connectivity index (χ4n) is 5.48. The average molecular weight is 548 g/mol. The van der Waals surface area contributed by atoms with E-state index in [0.29, 0.717) is 5.75 Å². The minimum atomic E-state index is -1.49. The molecule has 1 N–H and O–H groups in total. The van der Waals surface area contributed by atoms with Crippen molar-refractivity contribution in [2.75, 3.05) is 13.1 Å². The third kappa shape index (κ3) is 5.06.